The van der Waals surface area contributed by atoms with Crippen molar-refractivity contribution in [3.63, 3.8) is 0 Å². The van der Waals surface area contributed by atoms with E-state index in [1.165, 1.54) is 23.9 Å². The van der Waals surface area contributed by atoms with E-state index < -0.39 is 12.1 Å². The Morgan fingerprint density at radius 1 is 1.08 bits per heavy atom. The first-order valence-electron chi connectivity index (χ1n) is 8.35. The lowest BCUT2D eigenvalue weighted by molar-refractivity contribution is -0.124. The van der Waals surface area contributed by atoms with Gasteiger partial charge in [-0.05, 0) is 51.0 Å². The molecule has 2 N–H and O–H groups in total. The summed E-state index contributed by atoms with van der Waals surface area (Å²) in [6.07, 6.45) is -0.848. The first-order valence-corrected chi connectivity index (χ1v) is 9.33. The molecule has 0 aliphatic heterocycles. The second-order valence-electron chi connectivity index (χ2n) is 6.49. The van der Waals surface area contributed by atoms with Crippen LogP contribution in [-0.2, 0) is 9.53 Å². The van der Waals surface area contributed by atoms with Gasteiger partial charge in [0.25, 0.3) is 0 Å². The molecule has 1 aromatic rings. The average molecular weight is 370 g/mol. The van der Waals surface area contributed by atoms with Gasteiger partial charge in [-0.2, -0.15) is 0 Å². The summed E-state index contributed by atoms with van der Waals surface area (Å²) in [6, 6.07) is 5.45. The maximum absolute atomic E-state index is 12.9. The summed E-state index contributed by atoms with van der Waals surface area (Å²) in [6.45, 7) is 9.10. The molecule has 2 amide bonds. The van der Waals surface area contributed by atoms with Gasteiger partial charge in [0, 0.05) is 16.7 Å². The molecule has 0 bridgehead atoms. The topological polar surface area (TPSA) is 67.4 Å². The molecule has 0 saturated heterocycles. The predicted molar refractivity (Wildman–Crippen MR) is 98.1 cm³/mol. The van der Waals surface area contributed by atoms with Gasteiger partial charge in [-0.1, -0.05) is 13.8 Å². The smallest absolute Gasteiger partial charge is 0.408 e. The minimum atomic E-state index is -0.662. The molecule has 5 nitrogen and oxygen atoms in total. The number of thioether (sulfide) groups is 1. The van der Waals surface area contributed by atoms with Crippen LogP contribution in [0, 0.1) is 11.7 Å². The number of carbonyl (C=O) groups is 2. The lowest BCUT2D eigenvalue weighted by atomic mass is 10.0. The summed E-state index contributed by atoms with van der Waals surface area (Å²) >= 11 is 1.53. The fraction of sp³-hybridized carbons (Fsp3) is 0.556. The highest BCUT2D eigenvalue weighted by Crippen LogP contribution is 2.19. The fourth-order valence-corrected chi connectivity index (χ4v) is 2.89. The largest absolute Gasteiger partial charge is 0.447 e. The van der Waals surface area contributed by atoms with Gasteiger partial charge >= 0.3 is 6.09 Å². The summed E-state index contributed by atoms with van der Waals surface area (Å²) < 4.78 is 17.9. The zero-order chi connectivity index (χ0) is 19.0. The Bertz CT molecular complexity index is 564. The van der Waals surface area contributed by atoms with Crippen LogP contribution in [0.3, 0.4) is 0 Å². The van der Waals surface area contributed by atoms with E-state index in [0.717, 1.165) is 4.90 Å². The van der Waals surface area contributed by atoms with Crippen molar-refractivity contribution < 1.29 is 18.7 Å². The zero-order valence-corrected chi connectivity index (χ0v) is 16.2. The molecular formula is C18H27FN2O3S. The van der Waals surface area contributed by atoms with Gasteiger partial charge in [0.1, 0.15) is 11.9 Å². The van der Waals surface area contributed by atoms with E-state index in [2.05, 4.69) is 10.6 Å². The van der Waals surface area contributed by atoms with Crippen molar-refractivity contribution in [1.82, 2.24) is 10.6 Å². The van der Waals surface area contributed by atoms with E-state index in [9.17, 15) is 14.0 Å². The van der Waals surface area contributed by atoms with Crippen LogP contribution in [0.25, 0.3) is 0 Å². The fourth-order valence-electron chi connectivity index (χ4n) is 2.04. The molecule has 1 unspecified atom stereocenters. The van der Waals surface area contributed by atoms with E-state index >= 15 is 0 Å². The predicted octanol–water partition coefficient (Wildman–Crippen LogP) is 3.58. The first-order chi connectivity index (χ1) is 11.7. The molecule has 0 aromatic heterocycles. The van der Waals surface area contributed by atoms with Crippen molar-refractivity contribution >= 4 is 23.8 Å². The van der Waals surface area contributed by atoms with Crippen LogP contribution in [0.15, 0.2) is 29.2 Å². The Balaban J connectivity index is 2.51. The van der Waals surface area contributed by atoms with E-state index in [1.54, 1.807) is 26.0 Å². The van der Waals surface area contributed by atoms with E-state index in [0.29, 0.717) is 5.75 Å². The molecule has 7 heteroatoms. The van der Waals surface area contributed by atoms with Gasteiger partial charge in [0.15, 0.2) is 0 Å². The number of hydrogen-bond donors (Lipinski definition) is 2. The standard InChI is InChI=1S/C18H27FN2O3S/c1-11(2)16(21-18(23)24-12(3)4)17(22)20-13(5)10-25-15-8-6-14(19)7-9-15/h6-9,11-13,16H,10H2,1-5H3,(H,20,22)(H,21,23)/t13?,16-/m0/s1. The van der Waals surface area contributed by atoms with Crippen molar-refractivity contribution in [1.29, 1.82) is 0 Å². The molecular weight excluding hydrogens is 343 g/mol. The average Bonchev–Trinajstić information content (AvgIpc) is 2.51. The number of halogens is 1. The number of benzene rings is 1. The van der Waals surface area contributed by atoms with Gasteiger partial charge in [-0.15, -0.1) is 11.8 Å². The molecule has 0 aliphatic rings. The van der Waals surface area contributed by atoms with Gasteiger partial charge in [-0.3, -0.25) is 4.79 Å². The SMILES string of the molecule is CC(CSc1ccc(F)cc1)NC(=O)[C@@H](NC(=O)OC(C)C)C(C)C. The molecule has 1 aromatic carbocycles. The quantitative estimate of drug-likeness (QED) is 0.687. The summed E-state index contributed by atoms with van der Waals surface area (Å²) in [5, 5.41) is 5.51. The number of nitrogens with one attached hydrogen (secondary N) is 2. The molecule has 0 heterocycles. The molecule has 0 saturated carbocycles. The molecule has 0 spiro atoms. The zero-order valence-electron chi connectivity index (χ0n) is 15.3. The van der Waals surface area contributed by atoms with Gasteiger partial charge in [-0.25, -0.2) is 9.18 Å². The maximum atomic E-state index is 12.9. The molecule has 0 aliphatic carbocycles. The minimum absolute atomic E-state index is 0.0725. The minimum Gasteiger partial charge on any atom is -0.447 e. The highest BCUT2D eigenvalue weighted by Gasteiger charge is 2.26. The normalized spacial score (nSPS) is 13.4. The van der Waals surface area contributed by atoms with E-state index in [1.807, 2.05) is 20.8 Å². The van der Waals surface area contributed by atoms with Crippen molar-refractivity contribution in [2.24, 2.45) is 5.92 Å². The van der Waals surface area contributed by atoms with E-state index in [4.69, 9.17) is 4.74 Å². The van der Waals surface area contributed by atoms with Crippen LogP contribution in [0.4, 0.5) is 9.18 Å². The number of hydrogen-bond acceptors (Lipinski definition) is 4. The van der Waals surface area contributed by atoms with Crippen LogP contribution in [0.5, 0.6) is 0 Å². The third-order valence-electron chi connectivity index (χ3n) is 3.27. The van der Waals surface area contributed by atoms with Gasteiger partial charge < -0.3 is 15.4 Å². The van der Waals surface area contributed by atoms with Crippen molar-refractivity contribution in [2.45, 2.75) is 57.7 Å². The summed E-state index contributed by atoms with van der Waals surface area (Å²) in [4.78, 5) is 25.1. The molecule has 1 rings (SSSR count). The molecule has 0 radical (unpaired) electrons. The number of rotatable bonds is 8. The first kappa shape index (κ1) is 21.3. The van der Waals surface area contributed by atoms with Crippen LogP contribution >= 0.6 is 11.8 Å². The van der Waals surface area contributed by atoms with Crippen molar-refractivity contribution in [2.75, 3.05) is 5.75 Å². The Labute approximate surface area is 153 Å². The van der Waals surface area contributed by atoms with Crippen LogP contribution < -0.4 is 10.6 Å². The molecule has 0 fully saturated rings. The molecule has 140 valence electrons. The molecule has 2 atom stereocenters. The number of ether oxygens (including phenoxy) is 1. The Kier molecular flexibility index (Phi) is 8.75. The lowest BCUT2D eigenvalue weighted by Gasteiger charge is -2.24. The second kappa shape index (κ2) is 10.3. The third kappa shape index (κ3) is 8.25. The molecule has 25 heavy (non-hydrogen) atoms. The third-order valence-corrected chi connectivity index (χ3v) is 4.54. The second-order valence-corrected chi connectivity index (χ2v) is 7.59. The number of carbonyl (C=O) groups excluding carboxylic acids is 2. The highest BCUT2D eigenvalue weighted by molar-refractivity contribution is 7.99. The van der Waals surface area contributed by atoms with E-state index in [-0.39, 0.29) is 29.8 Å². The van der Waals surface area contributed by atoms with Crippen molar-refractivity contribution in [3.05, 3.63) is 30.1 Å². The highest BCUT2D eigenvalue weighted by atomic mass is 32.2. The Hall–Kier alpha value is -1.76. The summed E-state index contributed by atoms with van der Waals surface area (Å²) in [7, 11) is 0. The Morgan fingerprint density at radius 3 is 2.20 bits per heavy atom. The lowest BCUT2D eigenvalue weighted by Crippen LogP contribution is -2.52. The van der Waals surface area contributed by atoms with Crippen LogP contribution in [0.1, 0.15) is 34.6 Å². The van der Waals surface area contributed by atoms with Crippen molar-refractivity contribution in [3.8, 4) is 0 Å². The summed E-state index contributed by atoms with van der Waals surface area (Å²) in [5.74, 6) is 0.0444. The summed E-state index contributed by atoms with van der Waals surface area (Å²) in [5.41, 5.74) is 0. The monoisotopic (exact) mass is 370 g/mol. The number of amides is 2. The maximum Gasteiger partial charge on any atom is 0.408 e. The Morgan fingerprint density at radius 2 is 1.68 bits per heavy atom. The van der Waals surface area contributed by atoms with Crippen LogP contribution in [-0.4, -0.2) is 35.9 Å². The van der Waals surface area contributed by atoms with Crippen LogP contribution in [0.2, 0.25) is 0 Å². The van der Waals surface area contributed by atoms with Gasteiger partial charge in [0.2, 0.25) is 5.91 Å². The number of alkyl carbamates (subject to hydrolysis) is 1. The van der Waals surface area contributed by atoms with Gasteiger partial charge in [0.05, 0.1) is 6.10 Å².